The number of hydrogen-bond donors (Lipinski definition) is 2. The topological polar surface area (TPSA) is 81.3 Å². The largest absolute Gasteiger partial charge is 0.494 e. The van der Waals surface area contributed by atoms with Gasteiger partial charge >= 0.3 is 0 Å². The van der Waals surface area contributed by atoms with Crippen LogP contribution in [0.25, 0.3) is 0 Å². The lowest BCUT2D eigenvalue weighted by molar-refractivity contribution is 0.145. The minimum atomic E-state index is 0. The molecule has 0 heterocycles. The fourth-order valence-corrected chi connectivity index (χ4v) is 2.75. The van der Waals surface area contributed by atoms with Crippen molar-refractivity contribution in [2.45, 2.75) is 32.7 Å². The Hall–Kier alpha value is -1.26. The Balaban J connectivity index is 0.00000364. The zero-order valence-corrected chi connectivity index (χ0v) is 18.9. The Morgan fingerprint density at radius 2 is 1.96 bits per heavy atom. The molecule has 1 saturated carbocycles. The quantitative estimate of drug-likeness (QED) is 0.265. The van der Waals surface area contributed by atoms with Crippen LogP contribution in [0.15, 0.2) is 23.2 Å². The van der Waals surface area contributed by atoms with Crippen LogP contribution in [0.2, 0.25) is 0 Å². The molecule has 0 unspecified atom stereocenters. The van der Waals surface area contributed by atoms with Crippen LogP contribution in [0.4, 0.5) is 5.69 Å². The van der Waals surface area contributed by atoms with Gasteiger partial charge in [0.15, 0.2) is 5.96 Å². The van der Waals surface area contributed by atoms with E-state index in [1.54, 1.807) is 7.11 Å². The highest BCUT2D eigenvalue weighted by atomic mass is 127. The SMILES string of the molecule is CCOc1ccc(OCC)c(NC(N)=NCCN(CCOC)C2CC2)c1.I. The Morgan fingerprint density at radius 3 is 2.59 bits per heavy atom. The van der Waals surface area contributed by atoms with Crippen molar-refractivity contribution in [3.8, 4) is 11.5 Å². The summed E-state index contributed by atoms with van der Waals surface area (Å²) in [5.41, 5.74) is 6.83. The summed E-state index contributed by atoms with van der Waals surface area (Å²) in [6.45, 7) is 8.30. The molecule has 0 radical (unpaired) electrons. The Morgan fingerprint density at radius 1 is 1.22 bits per heavy atom. The summed E-state index contributed by atoms with van der Waals surface area (Å²) in [6, 6.07) is 6.33. The molecule has 0 spiro atoms. The van der Waals surface area contributed by atoms with Crippen LogP contribution in [-0.4, -0.2) is 63.5 Å². The van der Waals surface area contributed by atoms with Crippen molar-refractivity contribution in [3.05, 3.63) is 18.2 Å². The first kappa shape index (κ1) is 23.8. The maximum atomic E-state index is 6.07. The molecule has 0 saturated heterocycles. The first-order valence-corrected chi connectivity index (χ1v) is 9.37. The molecule has 0 bridgehead atoms. The standard InChI is InChI=1S/C19H32N4O3.HI/c1-4-25-16-8-9-18(26-5-2)17(14-16)22-19(20)21-10-11-23(12-13-24-3)15-6-7-15;/h8-9,14-15H,4-7,10-13H2,1-3H3,(H3,20,21,22);1H. The molecule has 0 amide bonds. The van der Waals surface area contributed by atoms with Crippen molar-refractivity contribution >= 4 is 35.6 Å². The van der Waals surface area contributed by atoms with Gasteiger partial charge in [-0.05, 0) is 38.8 Å². The molecular formula is C19H33IN4O3. The van der Waals surface area contributed by atoms with Crippen LogP contribution in [0.1, 0.15) is 26.7 Å². The van der Waals surface area contributed by atoms with E-state index in [-0.39, 0.29) is 24.0 Å². The number of ether oxygens (including phenoxy) is 3. The normalized spacial score (nSPS) is 14.0. The van der Waals surface area contributed by atoms with E-state index in [1.165, 1.54) is 12.8 Å². The van der Waals surface area contributed by atoms with Crippen LogP contribution < -0.4 is 20.5 Å². The van der Waals surface area contributed by atoms with E-state index in [2.05, 4.69) is 15.2 Å². The number of halogens is 1. The summed E-state index contributed by atoms with van der Waals surface area (Å²) >= 11 is 0. The Kier molecular flexibility index (Phi) is 11.5. The molecule has 1 aliphatic rings. The summed E-state index contributed by atoms with van der Waals surface area (Å²) < 4.78 is 16.4. The third-order valence-electron chi connectivity index (χ3n) is 4.14. The van der Waals surface area contributed by atoms with Crippen molar-refractivity contribution < 1.29 is 14.2 Å². The average Bonchev–Trinajstić information content (AvgIpc) is 3.45. The van der Waals surface area contributed by atoms with Gasteiger partial charge < -0.3 is 25.3 Å². The third-order valence-corrected chi connectivity index (χ3v) is 4.14. The first-order valence-electron chi connectivity index (χ1n) is 9.37. The highest BCUT2D eigenvalue weighted by Gasteiger charge is 2.28. The van der Waals surface area contributed by atoms with Gasteiger partial charge in [0.2, 0.25) is 0 Å². The molecule has 0 atom stereocenters. The number of guanidine groups is 1. The van der Waals surface area contributed by atoms with Crippen LogP contribution in [0.5, 0.6) is 11.5 Å². The predicted octanol–water partition coefficient (Wildman–Crippen LogP) is 2.94. The molecule has 0 aliphatic heterocycles. The number of nitrogens with one attached hydrogen (secondary N) is 1. The Labute approximate surface area is 179 Å². The van der Waals surface area contributed by atoms with Gasteiger partial charge in [-0.15, -0.1) is 24.0 Å². The molecule has 3 N–H and O–H groups in total. The predicted molar refractivity (Wildman–Crippen MR) is 121 cm³/mol. The molecule has 7 nitrogen and oxygen atoms in total. The van der Waals surface area contributed by atoms with E-state index in [0.717, 1.165) is 36.9 Å². The summed E-state index contributed by atoms with van der Waals surface area (Å²) in [6.07, 6.45) is 2.53. The molecule has 2 rings (SSSR count). The lowest BCUT2D eigenvalue weighted by Crippen LogP contribution is -2.33. The second kappa shape index (κ2) is 13.0. The first-order chi connectivity index (χ1) is 12.7. The zero-order valence-electron chi connectivity index (χ0n) is 16.6. The highest BCUT2D eigenvalue weighted by Crippen LogP contribution is 2.29. The van der Waals surface area contributed by atoms with Gasteiger partial charge in [-0.3, -0.25) is 9.89 Å². The van der Waals surface area contributed by atoms with Crippen LogP contribution >= 0.6 is 24.0 Å². The van der Waals surface area contributed by atoms with Crippen molar-refractivity contribution in [1.29, 1.82) is 0 Å². The number of hydrogen-bond acceptors (Lipinski definition) is 5. The summed E-state index contributed by atoms with van der Waals surface area (Å²) in [5.74, 6) is 1.88. The lowest BCUT2D eigenvalue weighted by Gasteiger charge is -2.20. The van der Waals surface area contributed by atoms with Crippen LogP contribution in [0.3, 0.4) is 0 Å². The number of nitrogens with two attached hydrogens (primary N) is 1. The molecule has 8 heteroatoms. The monoisotopic (exact) mass is 492 g/mol. The zero-order chi connectivity index (χ0) is 18.8. The minimum Gasteiger partial charge on any atom is -0.494 e. The summed E-state index contributed by atoms with van der Waals surface area (Å²) in [7, 11) is 1.73. The van der Waals surface area contributed by atoms with Crippen molar-refractivity contribution in [1.82, 2.24) is 4.90 Å². The van der Waals surface area contributed by atoms with Crippen LogP contribution in [0, 0.1) is 0 Å². The van der Waals surface area contributed by atoms with E-state index in [1.807, 2.05) is 32.0 Å². The highest BCUT2D eigenvalue weighted by molar-refractivity contribution is 14.0. The lowest BCUT2D eigenvalue weighted by atomic mass is 10.2. The van der Waals surface area contributed by atoms with Crippen molar-refractivity contribution in [3.63, 3.8) is 0 Å². The van der Waals surface area contributed by atoms with Crippen molar-refractivity contribution in [2.75, 3.05) is 51.9 Å². The molecule has 1 aliphatic carbocycles. The van der Waals surface area contributed by atoms with Gasteiger partial charge in [0, 0.05) is 32.3 Å². The van der Waals surface area contributed by atoms with Crippen LogP contribution in [-0.2, 0) is 4.74 Å². The van der Waals surface area contributed by atoms with Gasteiger partial charge in [-0.1, -0.05) is 0 Å². The fraction of sp³-hybridized carbons (Fsp3) is 0.632. The van der Waals surface area contributed by atoms with E-state index in [0.29, 0.717) is 31.8 Å². The van der Waals surface area contributed by atoms with Crippen molar-refractivity contribution in [2.24, 2.45) is 10.7 Å². The maximum Gasteiger partial charge on any atom is 0.193 e. The fourth-order valence-electron chi connectivity index (χ4n) is 2.75. The smallest absolute Gasteiger partial charge is 0.193 e. The molecule has 1 fully saturated rings. The summed E-state index contributed by atoms with van der Waals surface area (Å²) in [5, 5.41) is 3.14. The van der Waals surface area contributed by atoms with E-state index in [9.17, 15) is 0 Å². The Bertz CT molecular complexity index is 582. The minimum absolute atomic E-state index is 0. The average molecular weight is 492 g/mol. The number of methoxy groups -OCH3 is 1. The van der Waals surface area contributed by atoms with Gasteiger partial charge in [0.05, 0.1) is 32.1 Å². The second-order valence-corrected chi connectivity index (χ2v) is 6.18. The third kappa shape index (κ3) is 8.52. The number of nitrogens with zero attached hydrogens (tertiary/aromatic N) is 2. The van der Waals surface area contributed by atoms with E-state index < -0.39 is 0 Å². The number of benzene rings is 1. The van der Waals surface area contributed by atoms with E-state index >= 15 is 0 Å². The summed E-state index contributed by atoms with van der Waals surface area (Å²) in [4.78, 5) is 6.88. The molecule has 154 valence electrons. The molecule has 1 aromatic carbocycles. The molecule has 0 aromatic heterocycles. The van der Waals surface area contributed by atoms with Gasteiger partial charge in [-0.2, -0.15) is 0 Å². The number of rotatable bonds is 12. The van der Waals surface area contributed by atoms with Gasteiger partial charge in [-0.25, -0.2) is 0 Å². The van der Waals surface area contributed by atoms with E-state index in [4.69, 9.17) is 19.9 Å². The molecule has 1 aromatic rings. The second-order valence-electron chi connectivity index (χ2n) is 6.18. The molecule has 27 heavy (non-hydrogen) atoms. The molecular weight excluding hydrogens is 459 g/mol. The number of anilines is 1. The number of aliphatic imine (C=N–C) groups is 1. The maximum absolute atomic E-state index is 6.07. The van der Waals surface area contributed by atoms with Gasteiger partial charge in [0.25, 0.3) is 0 Å². The van der Waals surface area contributed by atoms with Gasteiger partial charge in [0.1, 0.15) is 11.5 Å².